The van der Waals surface area contributed by atoms with E-state index in [1.807, 2.05) is 10.9 Å². The lowest BCUT2D eigenvalue weighted by molar-refractivity contribution is 0.184. The summed E-state index contributed by atoms with van der Waals surface area (Å²) in [6, 6.07) is 10.7. The van der Waals surface area contributed by atoms with E-state index in [0.29, 0.717) is 10.3 Å². The molecule has 0 heterocycles. The van der Waals surface area contributed by atoms with E-state index < -0.39 is 0 Å². The Balaban J connectivity index is 1.07. The van der Waals surface area contributed by atoms with Gasteiger partial charge < -0.3 is 4.90 Å². The van der Waals surface area contributed by atoms with Gasteiger partial charge in [0.25, 0.3) is 0 Å². The zero-order chi connectivity index (χ0) is 28.8. The van der Waals surface area contributed by atoms with Crippen LogP contribution in [0.25, 0.3) is 0 Å². The first-order valence-corrected chi connectivity index (χ1v) is 20.7. The van der Waals surface area contributed by atoms with Crippen molar-refractivity contribution in [3.63, 3.8) is 0 Å². The van der Waals surface area contributed by atoms with E-state index >= 15 is 0 Å². The molecule has 0 amide bonds. The van der Waals surface area contributed by atoms with Crippen LogP contribution in [-0.4, -0.2) is 51.8 Å². The minimum atomic E-state index is -0.0305. The zero-order valence-electron chi connectivity index (χ0n) is 27.8. The molecule has 9 unspecified atom stereocenters. The zero-order valence-corrected chi connectivity index (χ0v) is 29.6. The Morgan fingerprint density at radius 1 is 0.805 bits per heavy atom. The van der Waals surface area contributed by atoms with Gasteiger partial charge in [-0.25, -0.2) is 0 Å². The normalized spacial score (nSPS) is 39.7. The minimum Gasteiger partial charge on any atom is -0.303 e. The summed E-state index contributed by atoms with van der Waals surface area (Å²) in [6.07, 6.45) is 14.9. The molecule has 0 N–H and O–H groups in total. The molecule has 228 valence electrons. The van der Waals surface area contributed by atoms with Gasteiger partial charge in [0.15, 0.2) is 0 Å². The molecule has 7 rings (SSSR count). The van der Waals surface area contributed by atoms with Crippen LogP contribution in [0.2, 0.25) is 0 Å². The molecule has 6 aliphatic carbocycles. The Bertz CT molecular complexity index is 1070. The standard InChI is InChI=1S/C38H61NP2/c1-24(39(8)23-31-30-22-34(35(30)31)41(37(2,3)4)38(5,6)7)26-17-13-19-32(26)40(36-28-20-21-29(28)36)33-18-12-11-16-27(33)25-14-9-10-15-25/h11-12,16,18,24-26,28-32,34-36H,9-10,13-15,17,19-23H2,1-8H3/t24?,26?,28-,29?,30?,31?,32?,34?,35?,36?,40-/m0/s1. The predicted octanol–water partition coefficient (Wildman–Crippen LogP) is 10.1. The third kappa shape index (κ3) is 5.25. The van der Waals surface area contributed by atoms with Crippen molar-refractivity contribution in [1.29, 1.82) is 0 Å². The average molecular weight is 594 g/mol. The van der Waals surface area contributed by atoms with Gasteiger partial charge in [0, 0.05) is 12.6 Å². The van der Waals surface area contributed by atoms with Crippen LogP contribution >= 0.6 is 15.8 Å². The molecule has 11 atom stereocenters. The van der Waals surface area contributed by atoms with Crippen molar-refractivity contribution >= 4 is 21.1 Å². The number of nitrogens with zero attached hydrogens (tertiary/aromatic N) is 1. The molecule has 0 aromatic heterocycles. The minimum absolute atomic E-state index is 0.0305. The molecular formula is C38H61NP2. The summed E-state index contributed by atoms with van der Waals surface area (Å²) >= 11 is 0. The van der Waals surface area contributed by atoms with E-state index in [9.17, 15) is 0 Å². The first-order chi connectivity index (χ1) is 19.5. The van der Waals surface area contributed by atoms with Gasteiger partial charge in [-0.2, -0.15) is 0 Å². The topological polar surface area (TPSA) is 3.24 Å². The Hall–Kier alpha value is 0.0400. The molecule has 41 heavy (non-hydrogen) atoms. The molecule has 1 aromatic carbocycles. The Morgan fingerprint density at radius 3 is 2.10 bits per heavy atom. The van der Waals surface area contributed by atoms with Gasteiger partial charge in [0.05, 0.1) is 0 Å². The molecule has 0 bridgehead atoms. The lowest BCUT2D eigenvalue weighted by Crippen LogP contribution is -2.41. The van der Waals surface area contributed by atoms with E-state index in [4.69, 9.17) is 0 Å². The smallest absolute Gasteiger partial charge is 0.00984 e. The van der Waals surface area contributed by atoms with Gasteiger partial charge in [0.1, 0.15) is 0 Å². The summed E-state index contributed by atoms with van der Waals surface area (Å²) in [5.41, 5.74) is 4.88. The third-order valence-electron chi connectivity index (χ3n) is 13.3. The second-order valence-corrected chi connectivity index (χ2v) is 24.2. The van der Waals surface area contributed by atoms with E-state index in [1.54, 1.807) is 12.8 Å². The fourth-order valence-corrected chi connectivity index (χ4v) is 21.4. The van der Waals surface area contributed by atoms with Gasteiger partial charge in [-0.15, -0.1) is 0 Å². The van der Waals surface area contributed by atoms with Crippen molar-refractivity contribution in [3.8, 4) is 0 Å². The van der Waals surface area contributed by atoms with Crippen LogP contribution in [0.3, 0.4) is 0 Å². The van der Waals surface area contributed by atoms with Crippen molar-refractivity contribution in [2.45, 2.75) is 152 Å². The van der Waals surface area contributed by atoms with Crippen LogP contribution in [0.15, 0.2) is 24.3 Å². The molecule has 1 nitrogen and oxygen atoms in total. The lowest BCUT2D eigenvalue weighted by atomic mass is 9.97. The second-order valence-electron chi connectivity index (χ2n) is 17.6. The fraction of sp³-hybridized carbons (Fsp3) is 0.842. The highest BCUT2D eigenvalue weighted by molar-refractivity contribution is 7.67. The fourth-order valence-electron chi connectivity index (χ4n) is 11.5. The van der Waals surface area contributed by atoms with Crippen LogP contribution in [0.4, 0.5) is 0 Å². The van der Waals surface area contributed by atoms with Crippen molar-refractivity contribution in [1.82, 2.24) is 4.90 Å². The maximum Gasteiger partial charge on any atom is 0.00984 e. The van der Waals surface area contributed by atoms with Crippen molar-refractivity contribution in [2.24, 2.45) is 35.5 Å². The van der Waals surface area contributed by atoms with Crippen molar-refractivity contribution in [2.75, 3.05) is 13.6 Å². The maximum atomic E-state index is 2.89. The van der Waals surface area contributed by atoms with Gasteiger partial charge >= 0.3 is 0 Å². The highest BCUT2D eigenvalue weighted by Crippen LogP contribution is 2.77. The summed E-state index contributed by atoms with van der Waals surface area (Å²) in [4.78, 5) is 2.89. The number of hydrogen-bond donors (Lipinski definition) is 0. The number of rotatable bonds is 9. The molecule has 3 heteroatoms. The second kappa shape index (κ2) is 10.8. The lowest BCUT2D eigenvalue weighted by Gasteiger charge is -2.49. The highest BCUT2D eigenvalue weighted by Gasteiger charge is 2.66. The summed E-state index contributed by atoms with van der Waals surface area (Å²) in [5.74, 6) is 7.07. The summed E-state index contributed by atoms with van der Waals surface area (Å²) in [5, 5.41) is 2.84. The van der Waals surface area contributed by atoms with Gasteiger partial charge in [0.2, 0.25) is 0 Å². The number of benzene rings is 1. The molecule has 0 radical (unpaired) electrons. The van der Waals surface area contributed by atoms with Crippen LogP contribution in [0.5, 0.6) is 0 Å². The SMILES string of the molecule is CC(C1CCCC1[P@@](c1ccccc1C1CCCC1)C1C2CC[C@@H]21)N(C)CC1C2CC(P(C(C)(C)C)C(C)(C)C)C21. The van der Waals surface area contributed by atoms with Gasteiger partial charge in [-0.1, -0.05) is 101 Å². The van der Waals surface area contributed by atoms with E-state index in [-0.39, 0.29) is 15.8 Å². The monoisotopic (exact) mass is 593 g/mol. The molecular weight excluding hydrogens is 532 g/mol. The molecule has 0 spiro atoms. The van der Waals surface area contributed by atoms with E-state index in [0.717, 1.165) is 64.4 Å². The maximum absolute atomic E-state index is 2.89. The van der Waals surface area contributed by atoms with Crippen molar-refractivity contribution in [3.05, 3.63) is 29.8 Å². The summed E-state index contributed by atoms with van der Waals surface area (Å²) in [6.45, 7) is 19.3. The predicted molar refractivity (Wildman–Crippen MR) is 183 cm³/mol. The molecule has 6 saturated carbocycles. The van der Waals surface area contributed by atoms with Crippen LogP contribution in [0, 0.1) is 35.5 Å². The Morgan fingerprint density at radius 2 is 1.46 bits per heavy atom. The molecule has 0 saturated heterocycles. The Labute approximate surface area is 256 Å². The Kier molecular flexibility index (Phi) is 7.86. The third-order valence-corrected chi connectivity index (χ3v) is 21.1. The quantitative estimate of drug-likeness (QED) is 0.258. The van der Waals surface area contributed by atoms with Crippen molar-refractivity contribution < 1.29 is 0 Å². The van der Waals surface area contributed by atoms with Crippen LogP contribution in [-0.2, 0) is 0 Å². The molecule has 6 fully saturated rings. The summed E-state index contributed by atoms with van der Waals surface area (Å²) < 4.78 is 0. The highest BCUT2D eigenvalue weighted by atomic mass is 31.1. The molecule has 1 aromatic rings. The summed E-state index contributed by atoms with van der Waals surface area (Å²) in [7, 11) is 2.54. The largest absolute Gasteiger partial charge is 0.303 e. The van der Waals surface area contributed by atoms with Crippen LogP contribution in [0.1, 0.15) is 124 Å². The van der Waals surface area contributed by atoms with Gasteiger partial charge in [-0.3, -0.25) is 0 Å². The van der Waals surface area contributed by atoms with E-state index in [2.05, 4.69) is 84.7 Å². The molecule has 6 aliphatic rings. The van der Waals surface area contributed by atoms with E-state index in [1.165, 1.54) is 57.9 Å². The molecule has 0 aliphatic heterocycles. The number of hydrogen-bond acceptors (Lipinski definition) is 1. The average Bonchev–Trinajstić information content (AvgIpc) is 3.34. The first kappa shape index (κ1) is 29.7. The van der Waals surface area contributed by atoms with Crippen LogP contribution < -0.4 is 5.30 Å². The first-order valence-electron chi connectivity index (χ1n) is 17.8. The van der Waals surface area contributed by atoms with Gasteiger partial charge in [-0.05, 0) is 138 Å². The number of fused-ring (bicyclic) bond motifs is 2.